The Kier molecular flexibility index (Phi) is 8.02. The zero-order chi connectivity index (χ0) is 27.3. The summed E-state index contributed by atoms with van der Waals surface area (Å²) in [6, 6.07) is 10.0. The fourth-order valence-corrected chi connectivity index (χ4v) is 4.01. The van der Waals surface area contributed by atoms with Crippen molar-refractivity contribution in [2.24, 2.45) is 0 Å². The Morgan fingerprint density at radius 1 is 1.11 bits per heavy atom. The monoisotopic (exact) mass is 548 g/mol. The number of anilines is 3. The van der Waals surface area contributed by atoms with E-state index in [1.807, 2.05) is 0 Å². The fourth-order valence-electron chi connectivity index (χ4n) is 3.84. The van der Waals surface area contributed by atoms with Crippen molar-refractivity contribution >= 4 is 40.7 Å². The molecular weight excluding hydrogens is 525 g/mol. The molecule has 1 atom stereocenters. The molecule has 38 heavy (non-hydrogen) atoms. The third-order valence-electron chi connectivity index (χ3n) is 5.92. The Morgan fingerprint density at radius 3 is 2.42 bits per heavy atom. The number of halogens is 4. The number of nitrogens with zero attached hydrogens (tertiary/aromatic N) is 2. The Hall–Kier alpha value is -3.90. The Bertz CT molecular complexity index is 1300. The van der Waals surface area contributed by atoms with Crippen LogP contribution in [0.4, 0.5) is 30.5 Å². The van der Waals surface area contributed by atoms with Crippen molar-refractivity contribution in [3.05, 3.63) is 76.6 Å². The van der Waals surface area contributed by atoms with Gasteiger partial charge in [0.25, 0.3) is 5.91 Å². The standard InChI is InChI=1S/C25H24ClF3N6O3/c1-30-23-32-12-16(13-33-23)21(36)35-24(8-9-38-14-24)22(37)31-11-15-2-5-18(6-3-15)34-20-7-4-17(26)10-19(20)25(27,28)29/h2-7,10,12-13,34H,8-9,11,14H2,1H3,(H,31,37)(H,35,36)(H,30,32,33)/t24-/m0/s1. The van der Waals surface area contributed by atoms with E-state index in [0.717, 1.165) is 6.07 Å². The summed E-state index contributed by atoms with van der Waals surface area (Å²) >= 11 is 5.73. The van der Waals surface area contributed by atoms with Crippen molar-refractivity contribution in [1.29, 1.82) is 0 Å². The van der Waals surface area contributed by atoms with E-state index in [1.54, 1.807) is 31.3 Å². The van der Waals surface area contributed by atoms with Gasteiger partial charge in [-0.2, -0.15) is 13.2 Å². The van der Waals surface area contributed by atoms with E-state index in [-0.39, 0.29) is 35.8 Å². The van der Waals surface area contributed by atoms with Gasteiger partial charge in [0.1, 0.15) is 5.54 Å². The number of amides is 2. The predicted molar refractivity (Wildman–Crippen MR) is 135 cm³/mol. The van der Waals surface area contributed by atoms with Gasteiger partial charge >= 0.3 is 6.18 Å². The first-order valence-electron chi connectivity index (χ1n) is 11.5. The van der Waals surface area contributed by atoms with Crippen molar-refractivity contribution in [1.82, 2.24) is 20.6 Å². The quantitative estimate of drug-likeness (QED) is 0.334. The number of aromatic nitrogens is 2. The molecule has 3 aromatic rings. The number of rotatable bonds is 8. The van der Waals surface area contributed by atoms with Crippen molar-refractivity contribution in [3.63, 3.8) is 0 Å². The lowest BCUT2D eigenvalue weighted by Gasteiger charge is -2.27. The molecule has 2 aromatic carbocycles. The molecule has 1 aliphatic heterocycles. The summed E-state index contributed by atoms with van der Waals surface area (Å²) in [4.78, 5) is 33.9. The second-order valence-corrected chi connectivity index (χ2v) is 9.01. The van der Waals surface area contributed by atoms with Gasteiger partial charge in [-0.15, -0.1) is 0 Å². The number of carbonyl (C=O) groups is 2. The van der Waals surface area contributed by atoms with Crippen LogP contribution in [0.3, 0.4) is 0 Å². The minimum atomic E-state index is -4.57. The van der Waals surface area contributed by atoms with E-state index in [9.17, 15) is 22.8 Å². The topological polar surface area (TPSA) is 117 Å². The van der Waals surface area contributed by atoms with Gasteiger partial charge in [0.2, 0.25) is 11.9 Å². The van der Waals surface area contributed by atoms with Gasteiger partial charge in [-0.1, -0.05) is 23.7 Å². The highest BCUT2D eigenvalue weighted by molar-refractivity contribution is 6.30. The molecule has 1 saturated heterocycles. The third-order valence-corrected chi connectivity index (χ3v) is 6.15. The van der Waals surface area contributed by atoms with Crippen molar-refractivity contribution < 1.29 is 27.5 Å². The van der Waals surface area contributed by atoms with Crippen molar-refractivity contribution in [2.75, 3.05) is 30.9 Å². The normalized spacial score (nSPS) is 17.1. The molecule has 0 spiro atoms. The van der Waals surface area contributed by atoms with E-state index in [2.05, 4.69) is 31.2 Å². The highest BCUT2D eigenvalue weighted by atomic mass is 35.5. The second kappa shape index (κ2) is 11.2. The molecule has 13 heteroatoms. The summed E-state index contributed by atoms with van der Waals surface area (Å²) in [7, 11) is 1.65. The van der Waals surface area contributed by atoms with E-state index in [1.165, 1.54) is 24.5 Å². The first kappa shape index (κ1) is 27.1. The fraction of sp³-hybridized carbons (Fsp3) is 0.280. The van der Waals surface area contributed by atoms with Gasteiger partial charge in [0.05, 0.1) is 23.4 Å². The molecule has 1 fully saturated rings. The Balaban J connectivity index is 1.39. The van der Waals surface area contributed by atoms with Crippen LogP contribution in [0.1, 0.15) is 27.9 Å². The molecule has 2 heterocycles. The highest BCUT2D eigenvalue weighted by Crippen LogP contribution is 2.37. The van der Waals surface area contributed by atoms with E-state index in [0.29, 0.717) is 23.8 Å². The number of hydrogen-bond donors (Lipinski definition) is 4. The maximum Gasteiger partial charge on any atom is 0.418 e. The number of benzene rings is 2. The van der Waals surface area contributed by atoms with Crippen LogP contribution >= 0.6 is 11.6 Å². The van der Waals surface area contributed by atoms with Gasteiger partial charge in [0, 0.05) is 49.7 Å². The molecule has 9 nitrogen and oxygen atoms in total. The molecule has 0 aliphatic carbocycles. The first-order valence-corrected chi connectivity index (χ1v) is 11.9. The number of nitrogens with one attached hydrogen (secondary N) is 4. The summed E-state index contributed by atoms with van der Waals surface area (Å²) < 4.78 is 45.5. The minimum absolute atomic E-state index is 0.00547. The number of carbonyl (C=O) groups excluding carboxylic acids is 2. The molecule has 0 saturated carbocycles. The van der Waals surface area contributed by atoms with Gasteiger partial charge in [-0.25, -0.2) is 9.97 Å². The van der Waals surface area contributed by atoms with Crippen LogP contribution in [-0.4, -0.2) is 47.6 Å². The zero-order valence-corrected chi connectivity index (χ0v) is 20.9. The van der Waals surface area contributed by atoms with Gasteiger partial charge in [-0.3, -0.25) is 9.59 Å². The molecule has 4 N–H and O–H groups in total. The third kappa shape index (κ3) is 6.32. The Labute approximate surface area is 221 Å². The van der Waals surface area contributed by atoms with Crippen LogP contribution in [0.15, 0.2) is 54.9 Å². The number of hydrogen-bond acceptors (Lipinski definition) is 7. The van der Waals surface area contributed by atoms with Gasteiger partial charge < -0.3 is 26.0 Å². The summed E-state index contributed by atoms with van der Waals surface area (Å²) in [6.07, 6.45) is -1.58. The maximum absolute atomic E-state index is 13.4. The molecule has 200 valence electrons. The van der Waals surface area contributed by atoms with Crippen LogP contribution in [0, 0.1) is 0 Å². The molecule has 0 radical (unpaired) electrons. The SMILES string of the molecule is CNc1ncc(C(=O)N[C@@]2(C(=O)NCc3ccc(Nc4ccc(Cl)cc4C(F)(F)F)cc3)CCOC2)cn1. The average molecular weight is 549 g/mol. The molecule has 0 unspecified atom stereocenters. The predicted octanol–water partition coefficient (Wildman–Crippen LogP) is 4.14. The Morgan fingerprint density at radius 2 is 1.82 bits per heavy atom. The molecule has 4 rings (SSSR count). The van der Waals surface area contributed by atoms with Crippen molar-refractivity contribution in [3.8, 4) is 0 Å². The lowest BCUT2D eigenvalue weighted by atomic mass is 9.96. The smallest absolute Gasteiger partial charge is 0.378 e. The van der Waals surface area contributed by atoms with E-state index >= 15 is 0 Å². The average Bonchev–Trinajstić information content (AvgIpc) is 3.38. The zero-order valence-electron chi connectivity index (χ0n) is 20.2. The second-order valence-electron chi connectivity index (χ2n) is 8.58. The van der Waals surface area contributed by atoms with Crippen LogP contribution in [-0.2, 0) is 22.3 Å². The summed E-state index contributed by atoms with van der Waals surface area (Å²) in [5, 5.41) is 11.0. The molecular formula is C25H24ClF3N6O3. The summed E-state index contributed by atoms with van der Waals surface area (Å²) in [5.41, 5.74) is -0.951. The van der Waals surface area contributed by atoms with E-state index in [4.69, 9.17) is 16.3 Å². The van der Waals surface area contributed by atoms with Gasteiger partial charge in [0.15, 0.2) is 0 Å². The maximum atomic E-state index is 13.4. The number of alkyl halides is 3. The largest absolute Gasteiger partial charge is 0.418 e. The summed E-state index contributed by atoms with van der Waals surface area (Å²) in [5.74, 6) is -0.577. The van der Waals surface area contributed by atoms with Crippen LogP contribution in [0.25, 0.3) is 0 Å². The lowest BCUT2D eigenvalue weighted by Crippen LogP contribution is -2.59. The first-order chi connectivity index (χ1) is 18.1. The van der Waals surface area contributed by atoms with Crippen LogP contribution in [0.2, 0.25) is 5.02 Å². The molecule has 1 aromatic heterocycles. The van der Waals surface area contributed by atoms with E-state index < -0.39 is 29.1 Å². The highest BCUT2D eigenvalue weighted by Gasteiger charge is 2.43. The van der Waals surface area contributed by atoms with Gasteiger partial charge in [-0.05, 0) is 35.9 Å². The summed E-state index contributed by atoms with van der Waals surface area (Å²) in [6.45, 7) is 0.435. The van der Waals surface area contributed by atoms with Crippen molar-refractivity contribution in [2.45, 2.75) is 24.7 Å². The molecule has 1 aliphatic rings. The molecule has 2 amide bonds. The minimum Gasteiger partial charge on any atom is -0.378 e. The lowest BCUT2D eigenvalue weighted by molar-refractivity contribution is -0.137. The molecule has 0 bridgehead atoms. The number of ether oxygens (including phenoxy) is 1. The van der Waals surface area contributed by atoms with Crippen LogP contribution in [0.5, 0.6) is 0 Å². The van der Waals surface area contributed by atoms with Crippen LogP contribution < -0.4 is 21.3 Å².